The van der Waals surface area contributed by atoms with Gasteiger partial charge in [-0.2, -0.15) is 0 Å². The molecule has 7 heteroatoms. The predicted octanol–water partition coefficient (Wildman–Crippen LogP) is 3.61. The smallest absolute Gasteiger partial charge is 0.267 e. The fraction of sp³-hybridized carbons (Fsp3) is 0.385. The average Bonchev–Trinajstić information content (AvgIpc) is 3.51. The number of nitrogens with zero attached hydrogens (tertiary/aromatic N) is 1. The summed E-state index contributed by atoms with van der Waals surface area (Å²) in [6, 6.07) is 17.8. The SMILES string of the molecule is CCc1ccccc1.CN1CCCC1.COc1ccc2[nH]c(C(=O)NCCNC=O)cc2c1. The summed E-state index contributed by atoms with van der Waals surface area (Å²) in [7, 11) is 3.77. The summed E-state index contributed by atoms with van der Waals surface area (Å²) in [5.74, 6) is 0.538. The van der Waals surface area contributed by atoms with E-state index in [-0.39, 0.29) is 5.91 Å². The van der Waals surface area contributed by atoms with Gasteiger partial charge in [0.2, 0.25) is 6.41 Å². The number of hydrogen-bond acceptors (Lipinski definition) is 4. The molecule has 3 N–H and O–H groups in total. The average molecular weight is 453 g/mol. The van der Waals surface area contributed by atoms with Crippen LogP contribution in [0.2, 0.25) is 0 Å². The maximum absolute atomic E-state index is 11.8. The molecule has 1 aliphatic rings. The van der Waals surface area contributed by atoms with Gasteiger partial charge in [-0.1, -0.05) is 37.3 Å². The van der Waals surface area contributed by atoms with Crippen molar-refractivity contribution in [3.63, 3.8) is 0 Å². The summed E-state index contributed by atoms with van der Waals surface area (Å²) in [5.41, 5.74) is 2.76. The summed E-state index contributed by atoms with van der Waals surface area (Å²) in [5, 5.41) is 6.09. The van der Waals surface area contributed by atoms with Crippen LogP contribution in [-0.4, -0.2) is 62.5 Å². The zero-order valence-corrected chi connectivity index (χ0v) is 19.9. The number of benzene rings is 2. The minimum atomic E-state index is -0.206. The van der Waals surface area contributed by atoms with Crippen LogP contribution in [0.3, 0.4) is 0 Å². The second-order valence-corrected chi connectivity index (χ2v) is 7.81. The zero-order chi connectivity index (χ0) is 23.9. The molecule has 1 fully saturated rings. The summed E-state index contributed by atoms with van der Waals surface area (Å²) in [6.07, 6.45) is 4.56. The third-order valence-corrected chi connectivity index (χ3v) is 5.29. The van der Waals surface area contributed by atoms with E-state index < -0.39 is 0 Å². The van der Waals surface area contributed by atoms with E-state index in [1.807, 2.05) is 24.3 Å². The summed E-state index contributed by atoms with van der Waals surface area (Å²) < 4.78 is 5.13. The van der Waals surface area contributed by atoms with Gasteiger partial charge in [0.25, 0.3) is 5.91 Å². The van der Waals surface area contributed by atoms with E-state index in [1.165, 1.54) is 31.5 Å². The van der Waals surface area contributed by atoms with E-state index >= 15 is 0 Å². The Labute approximate surface area is 196 Å². The molecular formula is C26H36N4O3. The van der Waals surface area contributed by atoms with Crippen molar-refractivity contribution in [3.8, 4) is 5.75 Å². The Balaban J connectivity index is 0.000000223. The summed E-state index contributed by atoms with van der Waals surface area (Å²) >= 11 is 0. The molecule has 0 radical (unpaired) electrons. The van der Waals surface area contributed by atoms with Crippen molar-refractivity contribution < 1.29 is 14.3 Å². The van der Waals surface area contributed by atoms with Crippen molar-refractivity contribution in [2.75, 3.05) is 40.3 Å². The number of carbonyl (C=O) groups excluding carboxylic acids is 2. The van der Waals surface area contributed by atoms with Crippen LogP contribution in [-0.2, 0) is 11.2 Å². The molecule has 4 rings (SSSR count). The number of hydrogen-bond donors (Lipinski definition) is 3. The lowest BCUT2D eigenvalue weighted by atomic mass is 10.2. The number of fused-ring (bicyclic) bond motifs is 1. The lowest BCUT2D eigenvalue weighted by Gasteiger charge is -2.02. The van der Waals surface area contributed by atoms with Gasteiger partial charge in [0.15, 0.2) is 0 Å². The van der Waals surface area contributed by atoms with Crippen LogP contribution in [0.1, 0.15) is 35.8 Å². The van der Waals surface area contributed by atoms with E-state index in [2.05, 4.69) is 58.8 Å². The first-order valence-electron chi connectivity index (χ1n) is 11.4. The van der Waals surface area contributed by atoms with Crippen LogP contribution >= 0.6 is 0 Å². The number of amides is 2. The highest BCUT2D eigenvalue weighted by Crippen LogP contribution is 2.21. The second-order valence-electron chi connectivity index (χ2n) is 7.81. The van der Waals surface area contributed by atoms with E-state index in [1.54, 1.807) is 13.2 Å². The van der Waals surface area contributed by atoms with Crippen LogP contribution in [0, 0.1) is 0 Å². The first-order valence-corrected chi connectivity index (χ1v) is 11.4. The quantitative estimate of drug-likeness (QED) is 0.378. The third kappa shape index (κ3) is 9.37. The molecule has 1 aliphatic heterocycles. The number of nitrogens with one attached hydrogen (secondary N) is 3. The topological polar surface area (TPSA) is 86.5 Å². The van der Waals surface area contributed by atoms with Crippen molar-refractivity contribution >= 4 is 23.2 Å². The Morgan fingerprint density at radius 1 is 1.09 bits per heavy atom. The highest BCUT2D eigenvalue weighted by Gasteiger charge is 2.09. The van der Waals surface area contributed by atoms with Crippen molar-refractivity contribution in [1.29, 1.82) is 0 Å². The zero-order valence-electron chi connectivity index (χ0n) is 19.9. The highest BCUT2D eigenvalue weighted by atomic mass is 16.5. The van der Waals surface area contributed by atoms with Crippen LogP contribution < -0.4 is 15.4 Å². The molecule has 0 bridgehead atoms. The monoisotopic (exact) mass is 452 g/mol. The molecule has 2 heterocycles. The number of H-pyrrole nitrogens is 1. The van der Waals surface area contributed by atoms with Gasteiger partial charge < -0.3 is 25.3 Å². The normalized spacial score (nSPS) is 12.7. The molecule has 7 nitrogen and oxygen atoms in total. The summed E-state index contributed by atoms with van der Waals surface area (Å²) in [6.45, 7) is 5.59. The molecule has 1 saturated heterocycles. The van der Waals surface area contributed by atoms with Gasteiger partial charge in [0.05, 0.1) is 7.11 Å². The van der Waals surface area contributed by atoms with E-state index in [0.717, 1.165) is 23.1 Å². The van der Waals surface area contributed by atoms with Gasteiger partial charge in [-0.15, -0.1) is 0 Å². The van der Waals surface area contributed by atoms with Crippen LogP contribution in [0.15, 0.2) is 54.6 Å². The molecule has 33 heavy (non-hydrogen) atoms. The number of likely N-dealkylation sites (tertiary alicyclic amines) is 1. The molecule has 0 atom stereocenters. The molecule has 1 aromatic heterocycles. The van der Waals surface area contributed by atoms with Gasteiger partial charge in [0.1, 0.15) is 11.4 Å². The third-order valence-electron chi connectivity index (χ3n) is 5.29. The Morgan fingerprint density at radius 3 is 2.36 bits per heavy atom. The Hall–Kier alpha value is -3.32. The van der Waals surface area contributed by atoms with Crippen LogP contribution in [0.4, 0.5) is 0 Å². The van der Waals surface area contributed by atoms with E-state index in [9.17, 15) is 9.59 Å². The molecule has 0 aliphatic carbocycles. The fourth-order valence-electron chi connectivity index (χ4n) is 3.35. The second kappa shape index (κ2) is 14.7. The van der Waals surface area contributed by atoms with Crippen molar-refractivity contribution in [2.24, 2.45) is 0 Å². The molecular weight excluding hydrogens is 416 g/mol. The minimum Gasteiger partial charge on any atom is -0.497 e. The fourth-order valence-corrected chi connectivity index (χ4v) is 3.35. The molecule has 2 aromatic carbocycles. The largest absolute Gasteiger partial charge is 0.497 e. The lowest BCUT2D eigenvalue weighted by molar-refractivity contribution is -0.109. The summed E-state index contributed by atoms with van der Waals surface area (Å²) in [4.78, 5) is 27.3. The number of aromatic nitrogens is 1. The first kappa shape index (κ1) is 25.9. The Kier molecular flexibility index (Phi) is 11.5. The van der Waals surface area contributed by atoms with Crippen LogP contribution in [0.25, 0.3) is 10.9 Å². The number of methoxy groups -OCH3 is 1. The van der Waals surface area contributed by atoms with Crippen molar-refractivity contribution in [1.82, 2.24) is 20.5 Å². The highest BCUT2D eigenvalue weighted by molar-refractivity contribution is 5.98. The van der Waals surface area contributed by atoms with Gasteiger partial charge >= 0.3 is 0 Å². The standard InChI is InChI=1S/C13H15N3O3.C8H10.C5H11N/c1-19-10-2-3-11-9(6-10)7-12(16-11)13(18)15-5-4-14-8-17;1-2-8-6-4-3-5-7-8;1-6-4-2-3-5-6/h2-3,6-8,16H,4-5H2,1H3,(H,14,17)(H,15,18);3-7H,2H2,1H3;2-5H2,1H3. The number of rotatable bonds is 7. The maximum Gasteiger partial charge on any atom is 0.267 e. The van der Waals surface area contributed by atoms with Gasteiger partial charge in [-0.3, -0.25) is 9.59 Å². The van der Waals surface area contributed by atoms with Gasteiger partial charge in [-0.05, 0) is 69.2 Å². The molecule has 178 valence electrons. The predicted molar refractivity (Wildman–Crippen MR) is 134 cm³/mol. The number of carbonyl (C=O) groups is 2. The van der Waals surface area contributed by atoms with E-state index in [4.69, 9.17) is 4.74 Å². The van der Waals surface area contributed by atoms with Crippen molar-refractivity contribution in [2.45, 2.75) is 26.2 Å². The number of aromatic amines is 1. The molecule has 0 unspecified atom stereocenters. The van der Waals surface area contributed by atoms with E-state index in [0.29, 0.717) is 25.2 Å². The molecule has 0 saturated carbocycles. The molecule has 0 spiro atoms. The van der Waals surface area contributed by atoms with Gasteiger partial charge in [-0.25, -0.2) is 0 Å². The Bertz CT molecular complexity index is 966. The minimum absolute atomic E-state index is 0.206. The maximum atomic E-state index is 11.8. The van der Waals surface area contributed by atoms with Crippen molar-refractivity contribution in [3.05, 3.63) is 65.9 Å². The number of aryl methyl sites for hydroxylation is 1. The number of ether oxygens (including phenoxy) is 1. The molecule has 3 aromatic rings. The first-order chi connectivity index (χ1) is 16.1. The van der Waals surface area contributed by atoms with Gasteiger partial charge in [0, 0.05) is 24.0 Å². The Morgan fingerprint density at radius 2 is 1.82 bits per heavy atom. The molecule has 2 amide bonds. The lowest BCUT2D eigenvalue weighted by Crippen LogP contribution is -2.31. The van der Waals surface area contributed by atoms with Crippen LogP contribution in [0.5, 0.6) is 5.75 Å².